The van der Waals surface area contributed by atoms with Crippen LogP contribution in [0.15, 0.2) is 0 Å². The van der Waals surface area contributed by atoms with Gasteiger partial charge in [-0.05, 0) is 12.8 Å². The summed E-state index contributed by atoms with van der Waals surface area (Å²) in [4.78, 5) is 0. The van der Waals surface area contributed by atoms with Crippen LogP contribution in [0, 0.1) is 0 Å². The second kappa shape index (κ2) is 13.2. The first-order valence-electron chi connectivity index (χ1n) is 7.00. The van der Waals surface area contributed by atoms with Crippen molar-refractivity contribution in [3.05, 3.63) is 0 Å². The molecule has 0 spiro atoms. The van der Waals surface area contributed by atoms with Crippen molar-refractivity contribution >= 4 is 11.6 Å². The van der Waals surface area contributed by atoms with E-state index in [1.54, 1.807) is 0 Å². The van der Waals surface area contributed by atoms with E-state index in [9.17, 15) is 0 Å². The summed E-state index contributed by atoms with van der Waals surface area (Å²) in [6.45, 7) is 4.81. The van der Waals surface area contributed by atoms with Crippen LogP contribution in [0.4, 0.5) is 0 Å². The molecule has 17 heavy (non-hydrogen) atoms. The molecule has 0 aliphatic heterocycles. The Kier molecular flexibility index (Phi) is 15.5. The van der Waals surface area contributed by atoms with Gasteiger partial charge in [0.05, 0.1) is 27.2 Å². The van der Waals surface area contributed by atoms with E-state index in [0.29, 0.717) is 0 Å². The molecule has 1 nitrogen and oxygen atoms in total. The molecular formula is C14H31BrClN. The fourth-order valence-corrected chi connectivity index (χ4v) is 2.22. The third-order valence-electron chi connectivity index (χ3n) is 3.26. The van der Waals surface area contributed by atoms with Gasteiger partial charge in [0.15, 0.2) is 0 Å². The number of halogens is 2. The van der Waals surface area contributed by atoms with Crippen LogP contribution in [-0.4, -0.2) is 37.5 Å². The van der Waals surface area contributed by atoms with Crippen LogP contribution in [0.25, 0.3) is 0 Å². The monoisotopic (exact) mass is 327 g/mol. The molecule has 0 unspecified atom stereocenters. The molecule has 0 N–H and O–H groups in total. The number of quaternary nitrogens is 1. The Hall–Kier alpha value is 0.730. The molecule has 106 valence electrons. The van der Waals surface area contributed by atoms with Gasteiger partial charge in [-0.2, -0.15) is 0 Å². The lowest BCUT2D eigenvalue weighted by Crippen LogP contribution is -3.00. The summed E-state index contributed by atoms with van der Waals surface area (Å²) in [5.41, 5.74) is 0. The molecule has 0 heterocycles. The third-order valence-corrected chi connectivity index (χ3v) is 3.53. The molecule has 0 rings (SSSR count). The molecule has 0 saturated heterocycles. The van der Waals surface area contributed by atoms with E-state index in [-0.39, 0.29) is 17.0 Å². The number of rotatable bonds is 11. The summed E-state index contributed by atoms with van der Waals surface area (Å²) in [7, 11) is 4.65. The number of unbranched alkanes of at least 4 members (excludes halogenated alkanes) is 6. The predicted molar refractivity (Wildman–Crippen MR) is 75.2 cm³/mol. The average molecular weight is 329 g/mol. The van der Waals surface area contributed by atoms with Crippen molar-refractivity contribution in [1.82, 2.24) is 0 Å². The normalized spacial score (nSPS) is 11.3. The molecule has 0 aromatic rings. The highest BCUT2D eigenvalue weighted by Crippen LogP contribution is 2.09. The number of nitrogens with zero attached hydrogens (tertiary/aromatic N) is 1. The van der Waals surface area contributed by atoms with Gasteiger partial charge >= 0.3 is 0 Å². The third kappa shape index (κ3) is 14.7. The first-order valence-corrected chi connectivity index (χ1v) is 7.54. The molecule has 0 amide bonds. The zero-order valence-corrected chi connectivity index (χ0v) is 14.3. The molecular weight excluding hydrogens is 298 g/mol. The Morgan fingerprint density at radius 3 is 1.76 bits per heavy atom. The number of hydrogen-bond donors (Lipinski definition) is 0. The molecule has 0 bridgehead atoms. The minimum Gasteiger partial charge on any atom is -1.00 e. The smallest absolute Gasteiger partial charge is 0.0794 e. The molecule has 3 heteroatoms. The van der Waals surface area contributed by atoms with Gasteiger partial charge in [0.1, 0.15) is 0 Å². The van der Waals surface area contributed by atoms with Crippen LogP contribution >= 0.6 is 11.6 Å². The lowest BCUT2D eigenvalue weighted by atomic mass is 10.1. The van der Waals surface area contributed by atoms with E-state index in [4.69, 9.17) is 11.6 Å². The van der Waals surface area contributed by atoms with Gasteiger partial charge in [0.2, 0.25) is 0 Å². The maximum Gasteiger partial charge on any atom is 0.0794 e. The Bertz CT molecular complexity index is 151. The van der Waals surface area contributed by atoms with Crippen LogP contribution in [0.2, 0.25) is 0 Å². The van der Waals surface area contributed by atoms with Gasteiger partial charge < -0.3 is 21.5 Å². The van der Waals surface area contributed by atoms with E-state index in [0.717, 1.165) is 16.8 Å². The van der Waals surface area contributed by atoms with E-state index >= 15 is 0 Å². The molecule has 0 aliphatic rings. The van der Waals surface area contributed by atoms with Gasteiger partial charge in [-0.15, -0.1) is 11.6 Å². The highest BCUT2D eigenvalue weighted by Gasteiger charge is 2.12. The van der Waals surface area contributed by atoms with Gasteiger partial charge in [-0.25, -0.2) is 0 Å². The van der Waals surface area contributed by atoms with Crippen LogP contribution in [0.5, 0.6) is 0 Å². The fourth-order valence-electron chi connectivity index (χ4n) is 2.10. The number of alkyl halides is 1. The van der Waals surface area contributed by atoms with Crippen LogP contribution in [0.3, 0.4) is 0 Å². The number of hydrogen-bond acceptors (Lipinski definition) is 0. The van der Waals surface area contributed by atoms with Crippen molar-refractivity contribution in [1.29, 1.82) is 0 Å². The molecule has 0 saturated carbocycles. The van der Waals surface area contributed by atoms with Crippen molar-refractivity contribution < 1.29 is 21.5 Å². The molecule has 0 aromatic heterocycles. The lowest BCUT2D eigenvalue weighted by Gasteiger charge is -2.29. The predicted octanol–water partition coefficient (Wildman–Crippen LogP) is 1.45. The zero-order valence-electron chi connectivity index (χ0n) is 12.0. The molecule has 0 aliphatic carbocycles. The van der Waals surface area contributed by atoms with E-state index < -0.39 is 0 Å². The Balaban J connectivity index is 0. The summed E-state index contributed by atoms with van der Waals surface area (Å²) >= 11 is 5.73. The summed E-state index contributed by atoms with van der Waals surface area (Å²) in [6, 6.07) is 0. The molecule has 0 radical (unpaired) electrons. The van der Waals surface area contributed by atoms with Crippen LogP contribution in [-0.2, 0) is 0 Å². The van der Waals surface area contributed by atoms with Gasteiger partial charge in [0, 0.05) is 12.3 Å². The second-order valence-electron chi connectivity index (χ2n) is 5.55. The standard InChI is InChI=1S/C14H31ClN.BrH/c1-4-5-6-7-8-9-10-13-16(2,3)14-11-12-15;/h4-14H2,1-3H3;1H/q+1;/p-1. The summed E-state index contributed by atoms with van der Waals surface area (Å²) in [6.07, 6.45) is 11.0. The quantitative estimate of drug-likeness (QED) is 0.306. The SMILES string of the molecule is CCCCCCCCC[N+](C)(C)CCCCl.[Br-]. The summed E-state index contributed by atoms with van der Waals surface area (Å²) < 4.78 is 1.14. The van der Waals surface area contributed by atoms with Crippen LogP contribution < -0.4 is 17.0 Å². The maximum absolute atomic E-state index is 5.73. The summed E-state index contributed by atoms with van der Waals surface area (Å²) in [5, 5.41) is 0. The highest BCUT2D eigenvalue weighted by atomic mass is 79.9. The largest absolute Gasteiger partial charge is 1.00 e. The fraction of sp³-hybridized carbons (Fsp3) is 1.00. The van der Waals surface area contributed by atoms with Crippen molar-refractivity contribution in [3.63, 3.8) is 0 Å². The van der Waals surface area contributed by atoms with Crippen molar-refractivity contribution in [3.8, 4) is 0 Å². The minimum absolute atomic E-state index is 0. The highest BCUT2D eigenvalue weighted by molar-refractivity contribution is 6.17. The Labute approximate surface area is 124 Å². The first-order chi connectivity index (χ1) is 7.62. The van der Waals surface area contributed by atoms with Crippen molar-refractivity contribution in [2.24, 2.45) is 0 Å². The lowest BCUT2D eigenvalue weighted by molar-refractivity contribution is -0.890. The van der Waals surface area contributed by atoms with Crippen molar-refractivity contribution in [2.45, 2.75) is 58.3 Å². The van der Waals surface area contributed by atoms with Gasteiger partial charge in [0.25, 0.3) is 0 Å². The van der Waals surface area contributed by atoms with Gasteiger partial charge in [-0.3, -0.25) is 0 Å². The topological polar surface area (TPSA) is 0 Å². The summed E-state index contributed by atoms with van der Waals surface area (Å²) in [5.74, 6) is 0.804. The molecule has 0 atom stereocenters. The van der Waals surface area contributed by atoms with E-state index in [2.05, 4.69) is 21.0 Å². The Morgan fingerprint density at radius 1 is 0.765 bits per heavy atom. The molecule has 0 aromatic carbocycles. The second-order valence-corrected chi connectivity index (χ2v) is 5.92. The van der Waals surface area contributed by atoms with Crippen molar-refractivity contribution in [2.75, 3.05) is 33.1 Å². The maximum atomic E-state index is 5.73. The average Bonchev–Trinajstić information content (AvgIpc) is 2.25. The van der Waals surface area contributed by atoms with Gasteiger partial charge in [-0.1, -0.05) is 39.0 Å². The minimum atomic E-state index is 0. The first kappa shape index (κ1) is 20.1. The molecule has 0 fully saturated rings. The van der Waals surface area contributed by atoms with E-state index in [1.165, 1.54) is 58.0 Å². The van der Waals surface area contributed by atoms with E-state index in [1.807, 2.05) is 0 Å². The zero-order chi connectivity index (χ0) is 12.3. The Morgan fingerprint density at radius 2 is 1.24 bits per heavy atom. The van der Waals surface area contributed by atoms with Crippen LogP contribution in [0.1, 0.15) is 58.3 Å².